The molecule has 2 fully saturated rings. The van der Waals surface area contributed by atoms with Crippen molar-refractivity contribution in [2.24, 2.45) is 5.41 Å². The van der Waals surface area contributed by atoms with Crippen molar-refractivity contribution >= 4 is 18.5 Å². The molecule has 0 aromatic heterocycles. The lowest BCUT2D eigenvalue weighted by atomic mass is 9.63. The molecule has 1 spiro atoms. The molecule has 1 amide bonds. The van der Waals surface area contributed by atoms with Crippen molar-refractivity contribution in [2.45, 2.75) is 37.9 Å². The first-order valence-electron chi connectivity index (χ1n) is 5.05. The van der Waals surface area contributed by atoms with E-state index in [1.54, 1.807) is 6.92 Å². The van der Waals surface area contributed by atoms with E-state index in [1.807, 2.05) is 4.90 Å². The summed E-state index contributed by atoms with van der Waals surface area (Å²) in [6.07, 6.45) is 4.93. The van der Waals surface area contributed by atoms with Crippen LogP contribution in [0.4, 0.5) is 0 Å². The fourth-order valence-corrected chi connectivity index (χ4v) is 3.42. The topological polar surface area (TPSA) is 20.3 Å². The summed E-state index contributed by atoms with van der Waals surface area (Å²) >= 11 is 4.45. The van der Waals surface area contributed by atoms with Crippen LogP contribution in [0.15, 0.2) is 0 Å². The molecule has 1 saturated heterocycles. The highest BCUT2D eigenvalue weighted by Crippen LogP contribution is 2.50. The molecule has 1 saturated carbocycles. The lowest BCUT2D eigenvalue weighted by molar-refractivity contribution is -0.132. The largest absolute Gasteiger partial charge is 0.343 e. The maximum Gasteiger partial charge on any atom is 0.219 e. The van der Waals surface area contributed by atoms with Crippen LogP contribution in [0.5, 0.6) is 0 Å². The monoisotopic (exact) mass is 199 g/mol. The molecule has 0 bridgehead atoms. The zero-order valence-corrected chi connectivity index (χ0v) is 9.02. The van der Waals surface area contributed by atoms with Crippen LogP contribution in [0.1, 0.15) is 32.6 Å². The molecule has 0 aromatic carbocycles. The number of piperidine rings is 1. The normalized spacial score (nSPS) is 27.4. The molecule has 0 atom stereocenters. The SMILES string of the molecule is CC(=O)N1CCC2(CC1)CC(S)C2. The average molecular weight is 199 g/mol. The summed E-state index contributed by atoms with van der Waals surface area (Å²) in [7, 11) is 0. The smallest absolute Gasteiger partial charge is 0.219 e. The van der Waals surface area contributed by atoms with Gasteiger partial charge in [-0.2, -0.15) is 12.6 Å². The van der Waals surface area contributed by atoms with Gasteiger partial charge >= 0.3 is 0 Å². The van der Waals surface area contributed by atoms with E-state index in [9.17, 15) is 4.79 Å². The predicted molar refractivity (Wildman–Crippen MR) is 55.9 cm³/mol. The molecule has 0 N–H and O–H groups in total. The molecule has 1 aliphatic carbocycles. The molecule has 2 nitrogen and oxygen atoms in total. The Kier molecular flexibility index (Phi) is 2.30. The Morgan fingerprint density at radius 2 is 1.92 bits per heavy atom. The number of hydrogen-bond acceptors (Lipinski definition) is 2. The minimum atomic E-state index is 0.233. The van der Waals surface area contributed by atoms with Crippen molar-refractivity contribution < 1.29 is 4.79 Å². The van der Waals surface area contributed by atoms with Crippen molar-refractivity contribution in [3.63, 3.8) is 0 Å². The lowest BCUT2D eigenvalue weighted by Crippen LogP contribution is -2.48. The zero-order chi connectivity index (χ0) is 9.47. The van der Waals surface area contributed by atoms with Crippen LogP contribution in [-0.4, -0.2) is 29.1 Å². The fourth-order valence-electron chi connectivity index (χ4n) is 2.64. The number of nitrogens with zero attached hydrogens (tertiary/aromatic N) is 1. The van der Waals surface area contributed by atoms with E-state index in [-0.39, 0.29) is 5.91 Å². The molecule has 2 rings (SSSR count). The van der Waals surface area contributed by atoms with Crippen LogP contribution < -0.4 is 0 Å². The molecule has 0 aromatic rings. The first-order valence-corrected chi connectivity index (χ1v) is 5.57. The Hall–Kier alpha value is -0.180. The van der Waals surface area contributed by atoms with E-state index in [1.165, 1.54) is 25.7 Å². The highest BCUT2D eigenvalue weighted by Gasteiger charge is 2.44. The summed E-state index contributed by atoms with van der Waals surface area (Å²) in [5, 5.41) is 0.629. The molecule has 74 valence electrons. The standard InChI is InChI=1S/C10H17NOS/c1-8(12)11-4-2-10(3-5-11)6-9(13)7-10/h9,13H,2-7H2,1H3. The first kappa shape index (κ1) is 9.38. The van der Waals surface area contributed by atoms with Gasteiger partial charge in [0, 0.05) is 25.3 Å². The predicted octanol–water partition coefficient (Wildman–Crippen LogP) is 1.71. The van der Waals surface area contributed by atoms with E-state index in [2.05, 4.69) is 12.6 Å². The van der Waals surface area contributed by atoms with Crippen LogP contribution in [0, 0.1) is 5.41 Å². The third-order valence-electron chi connectivity index (χ3n) is 3.61. The highest BCUT2D eigenvalue weighted by molar-refractivity contribution is 7.81. The summed E-state index contributed by atoms with van der Waals surface area (Å²) in [4.78, 5) is 13.1. The molecule has 1 heterocycles. The van der Waals surface area contributed by atoms with Crippen LogP contribution in [0.2, 0.25) is 0 Å². The molecular formula is C10H17NOS. The van der Waals surface area contributed by atoms with Crippen molar-refractivity contribution in [1.29, 1.82) is 0 Å². The first-order chi connectivity index (χ1) is 6.11. The molecule has 2 aliphatic rings. The Morgan fingerprint density at radius 1 is 1.38 bits per heavy atom. The third-order valence-corrected chi connectivity index (χ3v) is 3.97. The van der Waals surface area contributed by atoms with Gasteiger partial charge < -0.3 is 4.90 Å². The van der Waals surface area contributed by atoms with Gasteiger partial charge in [0.15, 0.2) is 0 Å². The van der Waals surface area contributed by atoms with E-state index in [0.717, 1.165) is 13.1 Å². The van der Waals surface area contributed by atoms with Gasteiger partial charge in [0.25, 0.3) is 0 Å². The molecule has 1 aliphatic heterocycles. The molecule has 0 unspecified atom stereocenters. The minimum Gasteiger partial charge on any atom is -0.343 e. The van der Waals surface area contributed by atoms with Gasteiger partial charge in [-0.1, -0.05) is 0 Å². The van der Waals surface area contributed by atoms with Crippen molar-refractivity contribution in [3.8, 4) is 0 Å². The Labute approximate surface area is 85.1 Å². The average Bonchev–Trinajstić information content (AvgIpc) is 2.03. The van der Waals surface area contributed by atoms with Crippen LogP contribution in [-0.2, 0) is 4.79 Å². The van der Waals surface area contributed by atoms with Crippen LogP contribution >= 0.6 is 12.6 Å². The minimum absolute atomic E-state index is 0.233. The number of hydrogen-bond donors (Lipinski definition) is 1. The second-order valence-electron chi connectivity index (χ2n) is 4.57. The second-order valence-corrected chi connectivity index (χ2v) is 5.30. The number of thiol groups is 1. The molecule has 0 radical (unpaired) electrons. The van der Waals surface area contributed by atoms with Gasteiger partial charge in [-0.05, 0) is 31.1 Å². The van der Waals surface area contributed by atoms with Crippen molar-refractivity contribution in [2.75, 3.05) is 13.1 Å². The maximum absolute atomic E-state index is 11.1. The number of carbonyl (C=O) groups is 1. The number of carbonyl (C=O) groups excluding carboxylic acids is 1. The van der Waals surface area contributed by atoms with Gasteiger partial charge in [0.05, 0.1) is 0 Å². The maximum atomic E-state index is 11.1. The Balaban J connectivity index is 1.86. The lowest BCUT2D eigenvalue weighted by Gasteiger charge is -2.50. The molecular weight excluding hydrogens is 182 g/mol. The van der Waals surface area contributed by atoms with Gasteiger partial charge in [-0.25, -0.2) is 0 Å². The van der Waals surface area contributed by atoms with Gasteiger partial charge in [0.1, 0.15) is 0 Å². The fraction of sp³-hybridized carbons (Fsp3) is 0.900. The summed E-state index contributed by atoms with van der Waals surface area (Å²) in [5.41, 5.74) is 0.568. The van der Waals surface area contributed by atoms with Crippen LogP contribution in [0.3, 0.4) is 0 Å². The van der Waals surface area contributed by atoms with E-state index >= 15 is 0 Å². The number of likely N-dealkylation sites (tertiary alicyclic amines) is 1. The summed E-state index contributed by atoms with van der Waals surface area (Å²) in [5.74, 6) is 0.233. The Bertz CT molecular complexity index is 213. The van der Waals surface area contributed by atoms with Crippen molar-refractivity contribution in [1.82, 2.24) is 4.90 Å². The van der Waals surface area contributed by atoms with Gasteiger partial charge in [-0.3, -0.25) is 4.79 Å². The van der Waals surface area contributed by atoms with Gasteiger partial charge in [-0.15, -0.1) is 0 Å². The summed E-state index contributed by atoms with van der Waals surface area (Å²) in [6, 6.07) is 0. The molecule has 13 heavy (non-hydrogen) atoms. The quantitative estimate of drug-likeness (QED) is 0.589. The van der Waals surface area contributed by atoms with E-state index < -0.39 is 0 Å². The third kappa shape index (κ3) is 1.71. The number of rotatable bonds is 0. The summed E-state index contributed by atoms with van der Waals surface area (Å²) in [6.45, 7) is 3.60. The molecule has 3 heteroatoms. The van der Waals surface area contributed by atoms with E-state index in [4.69, 9.17) is 0 Å². The van der Waals surface area contributed by atoms with Crippen LogP contribution in [0.25, 0.3) is 0 Å². The van der Waals surface area contributed by atoms with Gasteiger partial charge in [0.2, 0.25) is 5.91 Å². The second kappa shape index (κ2) is 3.19. The number of amides is 1. The zero-order valence-electron chi connectivity index (χ0n) is 8.12. The van der Waals surface area contributed by atoms with Crippen molar-refractivity contribution in [3.05, 3.63) is 0 Å². The highest BCUT2D eigenvalue weighted by atomic mass is 32.1. The Morgan fingerprint density at radius 3 is 2.31 bits per heavy atom. The summed E-state index contributed by atoms with van der Waals surface area (Å²) < 4.78 is 0. The van der Waals surface area contributed by atoms with E-state index in [0.29, 0.717) is 10.7 Å².